The molecule has 1 aliphatic heterocycles. The Morgan fingerprint density at radius 1 is 0.926 bits per heavy atom. The molecule has 0 aliphatic carbocycles. The SMILES string of the molecule is COc1cccc(C=C2C(=O)Nc3ccccc3N=C2c2ccccc2)c1. The second kappa shape index (κ2) is 7.30. The number of carbonyl (C=O) groups is 1. The van der Waals surface area contributed by atoms with Crippen molar-refractivity contribution in [2.75, 3.05) is 12.4 Å². The molecule has 4 rings (SSSR count). The highest BCUT2D eigenvalue weighted by atomic mass is 16.5. The van der Waals surface area contributed by atoms with Gasteiger partial charge in [0.15, 0.2) is 0 Å². The van der Waals surface area contributed by atoms with E-state index in [0.29, 0.717) is 17.0 Å². The third-order valence-electron chi connectivity index (χ3n) is 4.34. The second-order valence-corrected chi connectivity index (χ2v) is 6.13. The highest BCUT2D eigenvalue weighted by Gasteiger charge is 2.23. The number of nitrogens with zero attached hydrogens (tertiary/aromatic N) is 1. The summed E-state index contributed by atoms with van der Waals surface area (Å²) >= 11 is 0. The van der Waals surface area contributed by atoms with Crippen LogP contribution in [-0.4, -0.2) is 18.7 Å². The fraction of sp³-hybridized carbons (Fsp3) is 0.0435. The fourth-order valence-electron chi connectivity index (χ4n) is 3.00. The molecule has 4 nitrogen and oxygen atoms in total. The van der Waals surface area contributed by atoms with Gasteiger partial charge in [0.25, 0.3) is 5.91 Å². The predicted molar refractivity (Wildman–Crippen MR) is 109 cm³/mol. The van der Waals surface area contributed by atoms with E-state index in [4.69, 9.17) is 9.73 Å². The van der Waals surface area contributed by atoms with Gasteiger partial charge in [-0.15, -0.1) is 0 Å². The molecule has 3 aromatic rings. The minimum absolute atomic E-state index is 0.189. The van der Waals surface area contributed by atoms with Crippen LogP contribution in [0.3, 0.4) is 0 Å². The Balaban J connectivity index is 1.90. The first-order valence-corrected chi connectivity index (χ1v) is 8.65. The van der Waals surface area contributed by atoms with Crippen LogP contribution >= 0.6 is 0 Å². The molecular weight excluding hydrogens is 336 g/mol. The van der Waals surface area contributed by atoms with Crippen molar-refractivity contribution in [3.63, 3.8) is 0 Å². The van der Waals surface area contributed by atoms with Crippen molar-refractivity contribution in [3.05, 3.63) is 95.6 Å². The number of rotatable bonds is 3. The van der Waals surface area contributed by atoms with Gasteiger partial charge in [0.2, 0.25) is 0 Å². The van der Waals surface area contributed by atoms with Crippen molar-refractivity contribution in [1.82, 2.24) is 0 Å². The molecule has 4 heteroatoms. The molecule has 0 radical (unpaired) electrons. The molecule has 0 fully saturated rings. The first kappa shape index (κ1) is 16.8. The van der Waals surface area contributed by atoms with Gasteiger partial charge in [-0.05, 0) is 35.9 Å². The zero-order valence-electron chi connectivity index (χ0n) is 14.8. The number of carbonyl (C=O) groups excluding carboxylic acids is 1. The lowest BCUT2D eigenvalue weighted by Gasteiger charge is -2.09. The van der Waals surface area contributed by atoms with Crippen molar-refractivity contribution >= 4 is 29.1 Å². The van der Waals surface area contributed by atoms with Crippen molar-refractivity contribution in [1.29, 1.82) is 0 Å². The zero-order valence-corrected chi connectivity index (χ0v) is 14.8. The summed E-state index contributed by atoms with van der Waals surface area (Å²) in [5.74, 6) is 0.547. The molecule has 0 atom stereocenters. The molecule has 0 saturated carbocycles. The molecule has 27 heavy (non-hydrogen) atoms. The van der Waals surface area contributed by atoms with E-state index < -0.39 is 0 Å². The Morgan fingerprint density at radius 2 is 1.70 bits per heavy atom. The number of para-hydroxylation sites is 2. The lowest BCUT2D eigenvalue weighted by Crippen LogP contribution is -2.19. The summed E-state index contributed by atoms with van der Waals surface area (Å²) in [6, 6.07) is 24.9. The van der Waals surface area contributed by atoms with E-state index in [1.54, 1.807) is 7.11 Å². The summed E-state index contributed by atoms with van der Waals surface area (Å²) in [5.41, 5.74) is 4.34. The first-order valence-electron chi connectivity index (χ1n) is 8.65. The topological polar surface area (TPSA) is 50.7 Å². The Morgan fingerprint density at radius 3 is 2.52 bits per heavy atom. The summed E-state index contributed by atoms with van der Waals surface area (Å²) in [6.07, 6.45) is 1.84. The number of benzene rings is 3. The average molecular weight is 354 g/mol. The molecule has 0 bridgehead atoms. The molecule has 1 heterocycles. The van der Waals surface area contributed by atoms with Gasteiger partial charge in [-0.25, -0.2) is 4.99 Å². The molecule has 0 saturated heterocycles. The number of aliphatic imine (C=N–C) groups is 1. The van der Waals surface area contributed by atoms with Gasteiger partial charge >= 0.3 is 0 Å². The van der Waals surface area contributed by atoms with Gasteiger partial charge in [-0.2, -0.15) is 0 Å². The highest BCUT2D eigenvalue weighted by Crippen LogP contribution is 2.31. The van der Waals surface area contributed by atoms with Crippen LogP contribution in [0.2, 0.25) is 0 Å². The molecule has 132 valence electrons. The minimum atomic E-state index is -0.189. The van der Waals surface area contributed by atoms with Crippen molar-refractivity contribution < 1.29 is 9.53 Å². The molecular formula is C23H18N2O2. The van der Waals surface area contributed by atoms with Crippen LogP contribution in [0.15, 0.2) is 89.4 Å². The molecule has 1 aliphatic rings. The van der Waals surface area contributed by atoms with Crippen molar-refractivity contribution in [2.45, 2.75) is 0 Å². The normalized spacial score (nSPS) is 14.8. The lowest BCUT2D eigenvalue weighted by molar-refractivity contribution is -0.112. The number of hydrogen-bond donors (Lipinski definition) is 1. The number of methoxy groups -OCH3 is 1. The Kier molecular flexibility index (Phi) is 4.54. The Hall–Kier alpha value is -3.66. The minimum Gasteiger partial charge on any atom is -0.497 e. The summed E-state index contributed by atoms with van der Waals surface area (Å²) in [5, 5.41) is 2.97. The number of nitrogens with one attached hydrogen (secondary N) is 1. The van der Waals surface area contributed by atoms with E-state index in [2.05, 4.69) is 5.32 Å². The third-order valence-corrected chi connectivity index (χ3v) is 4.34. The first-order chi connectivity index (χ1) is 13.2. The van der Waals surface area contributed by atoms with Crippen LogP contribution in [0.1, 0.15) is 11.1 Å². The van der Waals surface area contributed by atoms with E-state index in [1.165, 1.54) is 0 Å². The van der Waals surface area contributed by atoms with Crippen LogP contribution in [0.4, 0.5) is 11.4 Å². The van der Waals surface area contributed by atoms with Crippen LogP contribution in [0.25, 0.3) is 6.08 Å². The van der Waals surface area contributed by atoms with E-state index >= 15 is 0 Å². The summed E-state index contributed by atoms with van der Waals surface area (Å²) in [6.45, 7) is 0. The zero-order chi connectivity index (χ0) is 18.6. The third kappa shape index (κ3) is 3.51. The number of fused-ring (bicyclic) bond motifs is 1. The van der Waals surface area contributed by atoms with Gasteiger partial charge in [-0.1, -0.05) is 54.6 Å². The van der Waals surface area contributed by atoms with Crippen LogP contribution in [0.5, 0.6) is 5.75 Å². The lowest BCUT2D eigenvalue weighted by atomic mass is 9.99. The second-order valence-electron chi connectivity index (χ2n) is 6.13. The molecule has 1 amide bonds. The van der Waals surface area contributed by atoms with E-state index in [9.17, 15) is 4.79 Å². The number of hydrogen-bond acceptors (Lipinski definition) is 3. The van der Waals surface area contributed by atoms with Crippen LogP contribution < -0.4 is 10.1 Å². The smallest absolute Gasteiger partial charge is 0.257 e. The Bertz CT molecular complexity index is 1050. The van der Waals surface area contributed by atoms with Gasteiger partial charge in [0, 0.05) is 5.56 Å². The summed E-state index contributed by atoms with van der Waals surface area (Å²) in [4.78, 5) is 17.8. The number of ether oxygens (including phenoxy) is 1. The number of anilines is 1. The standard InChI is InChI=1S/C23H18N2O2/c1-27-18-11-7-8-16(14-18)15-19-22(17-9-3-2-4-10-17)24-20-12-5-6-13-21(20)25-23(19)26/h2-15H,1H3,(H,25,26). The van der Waals surface area contributed by atoms with E-state index in [1.807, 2.05) is 84.9 Å². The summed E-state index contributed by atoms with van der Waals surface area (Å²) in [7, 11) is 1.62. The molecule has 0 aromatic heterocycles. The highest BCUT2D eigenvalue weighted by molar-refractivity contribution is 6.35. The Labute approximate surface area is 157 Å². The van der Waals surface area contributed by atoms with Gasteiger partial charge in [-0.3, -0.25) is 4.79 Å². The van der Waals surface area contributed by atoms with E-state index in [-0.39, 0.29) is 5.91 Å². The molecule has 3 aromatic carbocycles. The van der Waals surface area contributed by atoms with E-state index in [0.717, 1.165) is 22.6 Å². The van der Waals surface area contributed by atoms with Crippen LogP contribution in [-0.2, 0) is 4.79 Å². The quantitative estimate of drug-likeness (QED) is 0.684. The average Bonchev–Trinajstić information content (AvgIpc) is 2.85. The monoisotopic (exact) mass is 354 g/mol. The number of amides is 1. The molecule has 1 N–H and O–H groups in total. The maximum absolute atomic E-state index is 13.0. The van der Waals surface area contributed by atoms with Gasteiger partial charge < -0.3 is 10.1 Å². The fourth-order valence-corrected chi connectivity index (χ4v) is 3.00. The molecule has 0 unspecified atom stereocenters. The van der Waals surface area contributed by atoms with Crippen molar-refractivity contribution in [2.24, 2.45) is 4.99 Å². The predicted octanol–water partition coefficient (Wildman–Crippen LogP) is 4.85. The maximum Gasteiger partial charge on any atom is 0.257 e. The van der Waals surface area contributed by atoms with Gasteiger partial charge in [0.05, 0.1) is 29.8 Å². The van der Waals surface area contributed by atoms with Gasteiger partial charge in [0.1, 0.15) is 5.75 Å². The maximum atomic E-state index is 13.0. The summed E-state index contributed by atoms with van der Waals surface area (Å²) < 4.78 is 5.30. The molecule has 0 spiro atoms. The van der Waals surface area contributed by atoms with Crippen LogP contribution in [0, 0.1) is 0 Å². The van der Waals surface area contributed by atoms with Crippen molar-refractivity contribution in [3.8, 4) is 5.75 Å². The largest absolute Gasteiger partial charge is 0.497 e.